The summed E-state index contributed by atoms with van der Waals surface area (Å²) in [5.74, 6) is 0. The van der Waals surface area contributed by atoms with Gasteiger partial charge in [0.15, 0.2) is 0 Å². The van der Waals surface area contributed by atoms with Gasteiger partial charge in [-0.25, -0.2) is 9.59 Å². The van der Waals surface area contributed by atoms with E-state index < -0.39 is 11.7 Å². The van der Waals surface area contributed by atoms with E-state index in [2.05, 4.69) is 5.32 Å². The number of ether oxygens (including phenoxy) is 2. The summed E-state index contributed by atoms with van der Waals surface area (Å²) in [6, 6.07) is 0.0289. The van der Waals surface area contributed by atoms with Crippen LogP contribution in [0.25, 0.3) is 0 Å². The number of fused-ring (bicyclic) bond motifs is 1. The Labute approximate surface area is 100 Å². The first-order chi connectivity index (χ1) is 7.85. The van der Waals surface area contributed by atoms with Gasteiger partial charge in [0.25, 0.3) is 0 Å². The van der Waals surface area contributed by atoms with Crippen molar-refractivity contribution in [2.45, 2.75) is 44.9 Å². The van der Waals surface area contributed by atoms with Gasteiger partial charge in [-0.1, -0.05) is 0 Å². The highest BCUT2D eigenvalue weighted by Crippen LogP contribution is 2.21. The number of likely N-dealkylation sites (tertiary alicyclic amines) is 1. The van der Waals surface area contributed by atoms with Crippen molar-refractivity contribution < 1.29 is 19.1 Å². The maximum Gasteiger partial charge on any atom is 0.410 e. The number of rotatable bonds is 0. The van der Waals surface area contributed by atoms with Crippen LogP contribution < -0.4 is 5.32 Å². The molecule has 0 spiro atoms. The number of nitrogens with one attached hydrogen (secondary N) is 1. The molecule has 96 valence electrons. The minimum absolute atomic E-state index is 0.0289. The Bertz CT molecular complexity index is 337. The van der Waals surface area contributed by atoms with E-state index in [4.69, 9.17) is 9.47 Å². The van der Waals surface area contributed by atoms with Crippen molar-refractivity contribution >= 4 is 12.2 Å². The lowest BCUT2D eigenvalue weighted by Crippen LogP contribution is -2.51. The second kappa shape index (κ2) is 4.09. The predicted octanol–water partition coefficient (Wildman–Crippen LogP) is 1.10. The van der Waals surface area contributed by atoms with Crippen LogP contribution in [0.4, 0.5) is 9.59 Å². The molecule has 0 aliphatic carbocycles. The van der Waals surface area contributed by atoms with E-state index in [1.807, 2.05) is 20.8 Å². The van der Waals surface area contributed by atoms with Crippen LogP contribution in [0.2, 0.25) is 0 Å². The monoisotopic (exact) mass is 242 g/mol. The van der Waals surface area contributed by atoms with E-state index in [0.717, 1.165) is 0 Å². The highest BCUT2D eigenvalue weighted by molar-refractivity contribution is 5.71. The van der Waals surface area contributed by atoms with Crippen molar-refractivity contribution in [1.29, 1.82) is 0 Å². The highest BCUT2D eigenvalue weighted by atomic mass is 16.6. The number of carbonyl (C=O) groups excluding carboxylic acids is 2. The average Bonchev–Trinajstić information content (AvgIpc) is 2.53. The summed E-state index contributed by atoms with van der Waals surface area (Å²) in [5.41, 5.74) is -0.501. The minimum atomic E-state index is -0.501. The molecule has 1 N–H and O–H groups in total. The number of nitrogens with zero attached hydrogens (tertiary/aromatic N) is 1. The maximum atomic E-state index is 11.8. The normalized spacial score (nSPS) is 28.2. The molecule has 2 amide bonds. The van der Waals surface area contributed by atoms with Crippen molar-refractivity contribution in [2.24, 2.45) is 0 Å². The van der Waals surface area contributed by atoms with Gasteiger partial charge >= 0.3 is 12.2 Å². The molecule has 6 heteroatoms. The molecule has 2 rings (SSSR count). The molecule has 0 radical (unpaired) electrons. The third-order valence-corrected chi connectivity index (χ3v) is 2.77. The summed E-state index contributed by atoms with van der Waals surface area (Å²) in [6.07, 6.45) is -0.288. The number of alkyl carbamates (subject to hydrolysis) is 1. The lowest BCUT2D eigenvalue weighted by molar-refractivity contribution is 0.00520. The molecule has 6 nitrogen and oxygen atoms in total. The molecule has 0 bridgehead atoms. The molecule has 2 heterocycles. The average molecular weight is 242 g/mol. The number of hydrogen-bond donors (Lipinski definition) is 1. The second-order valence-electron chi connectivity index (χ2n) is 5.41. The Morgan fingerprint density at radius 3 is 2.88 bits per heavy atom. The number of hydrogen-bond acceptors (Lipinski definition) is 4. The van der Waals surface area contributed by atoms with Crippen LogP contribution in [0.3, 0.4) is 0 Å². The quantitative estimate of drug-likeness (QED) is 0.690. The van der Waals surface area contributed by atoms with Crippen molar-refractivity contribution in [1.82, 2.24) is 10.2 Å². The van der Waals surface area contributed by atoms with Gasteiger partial charge in [-0.3, -0.25) is 0 Å². The van der Waals surface area contributed by atoms with Crippen molar-refractivity contribution in [3.05, 3.63) is 0 Å². The Morgan fingerprint density at radius 2 is 2.24 bits per heavy atom. The number of piperidine rings is 1. The van der Waals surface area contributed by atoms with Gasteiger partial charge in [0.2, 0.25) is 0 Å². The van der Waals surface area contributed by atoms with E-state index in [-0.39, 0.29) is 18.2 Å². The molecule has 0 aromatic rings. The van der Waals surface area contributed by atoms with E-state index in [1.54, 1.807) is 4.90 Å². The minimum Gasteiger partial charge on any atom is -0.444 e. The van der Waals surface area contributed by atoms with Gasteiger partial charge < -0.3 is 19.7 Å². The lowest BCUT2D eigenvalue weighted by Gasteiger charge is -2.34. The Morgan fingerprint density at radius 1 is 1.53 bits per heavy atom. The summed E-state index contributed by atoms with van der Waals surface area (Å²) >= 11 is 0. The molecule has 2 atom stereocenters. The largest absolute Gasteiger partial charge is 0.444 e. The first-order valence-corrected chi connectivity index (χ1v) is 5.80. The SMILES string of the molecule is CC(C)(C)OC(=O)N1CCC2NC(=O)OC2C1. The van der Waals surface area contributed by atoms with Gasteiger partial charge in [0.05, 0.1) is 12.6 Å². The van der Waals surface area contributed by atoms with Crippen LogP contribution in [0.1, 0.15) is 27.2 Å². The van der Waals surface area contributed by atoms with Gasteiger partial charge in [-0.15, -0.1) is 0 Å². The van der Waals surface area contributed by atoms with Crippen LogP contribution >= 0.6 is 0 Å². The summed E-state index contributed by atoms with van der Waals surface area (Å²) in [5, 5.41) is 2.72. The van der Waals surface area contributed by atoms with Crippen LogP contribution in [0.5, 0.6) is 0 Å². The second-order valence-corrected chi connectivity index (χ2v) is 5.41. The van der Waals surface area contributed by atoms with Crippen molar-refractivity contribution in [3.63, 3.8) is 0 Å². The lowest BCUT2D eigenvalue weighted by atomic mass is 10.0. The molecular weight excluding hydrogens is 224 g/mol. The zero-order valence-electron chi connectivity index (χ0n) is 10.4. The summed E-state index contributed by atoms with van der Waals surface area (Å²) < 4.78 is 10.4. The standard InChI is InChI=1S/C11H18N2O4/c1-11(2,3)17-10(15)13-5-4-7-8(6-13)16-9(14)12-7/h7-8H,4-6H2,1-3H3,(H,12,14). The zero-order valence-corrected chi connectivity index (χ0v) is 10.4. The Kier molecular flexibility index (Phi) is 2.89. The molecule has 2 aliphatic rings. The first kappa shape index (κ1) is 12.0. The summed E-state index contributed by atoms with van der Waals surface area (Å²) in [4.78, 5) is 24.5. The molecule has 17 heavy (non-hydrogen) atoms. The van der Waals surface area contributed by atoms with Crippen LogP contribution in [-0.4, -0.2) is 47.9 Å². The molecule has 2 unspecified atom stereocenters. The van der Waals surface area contributed by atoms with Gasteiger partial charge in [-0.2, -0.15) is 0 Å². The summed E-state index contributed by atoms with van der Waals surface area (Å²) in [6.45, 7) is 6.47. The van der Waals surface area contributed by atoms with E-state index in [0.29, 0.717) is 19.5 Å². The molecule has 2 saturated heterocycles. The fourth-order valence-electron chi connectivity index (χ4n) is 2.02. The molecule has 0 aromatic heterocycles. The molecule has 0 saturated carbocycles. The van der Waals surface area contributed by atoms with E-state index in [9.17, 15) is 9.59 Å². The van der Waals surface area contributed by atoms with Crippen LogP contribution in [-0.2, 0) is 9.47 Å². The smallest absolute Gasteiger partial charge is 0.410 e. The fraction of sp³-hybridized carbons (Fsp3) is 0.818. The van der Waals surface area contributed by atoms with Gasteiger partial charge in [0, 0.05) is 6.54 Å². The number of amides is 2. The van der Waals surface area contributed by atoms with Gasteiger partial charge in [0.1, 0.15) is 11.7 Å². The van der Waals surface area contributed by atoms with Crippen molar-refractivity contribution in [2.75, 3.05) is 13.1 Å². The Balaban J connectivity index is 1.92. The maximum absolute atomic E-state index is 11.8. The topological polar surface area (TPSA) is 67.9 Å². The van der Waals surface area contributed by atoms with Crippen molar-refractivity contribution in [3.8, 4) is 0 Å². The van der Waals surface area contributed by atoms with Gasteiger partial charge in [-0.05, 0) is 27.2 Å². The molecule has 2 aliphatic heterocycles. The summed E-state index contributed by atoms with van der Waals surface area (Å²) in [7, 11) is 0. The molecular formula is C11H18N2O4. The zero-order chi connectivity index (χ0) is 12.6. The highest BCUT2D eigenvalue weighted by Gasteiger charge is 2.40. The third-order valence-electron chi connectivity index (χ3n) is 2.77. The third kappa shape index (κ3) is 2.81. The van der Waals surface area contributed by atoms with Crippen LogP contribution in [0.15, 0.2) is 0 Å². The predicted molar refractivity (Wildman–Crippen MR) is 59.6 cm³/mol. The van der Waals surface area contributed by atoms with E-state index >= 15 is 0 Å². The first-order valence-electron chi connectivity index (χ1n) is 5.80. The van der Waals surface area contributed by atoms with Crippen LogP contribution in [0, 0.1) is 0 Å². The molecule has 2 fully saturated rings. The molecule has 0 aromatic carbocycles. The fourth-order valence-corrected chi connectivity index (χ4v) is 2.02. The Hall–Kier alpha value is -1.46. The number of carbonyl (C=O) groups is 2. The van der Waals surface area contributed by atoms with E-state index in [1.165, 1.54) is 0 Å².